The maximum Gasteiger partial charge on any atom is 0.469 e. The highest BCUT2D eigenvalue weighted by atomic mass is 31.2. The van der Waals surface area contributed by atoms with Crippen LogP contribution in [0.15, 0.2) is 36.5 Å². The molecule has 0 aliphatic heterocycles. The fourth-order valence-electron chi connectivity index (χ4n) is 5.93. The van der Waals surface area contributed by atoms with E-state index in [2.05, 4.69) is 54.8 Å². The first-order valence-corrected chi connectivity index (χ1v) is 22.8. The van der Waals surface area contributed by atoms with Gasteiger partial charge in [-0.15, -0.1) is 0 Å². The van der Waals surface area contributed by atoms with Gasteiger partial charge in [0, 0.05) is 12.8 Å². The summed E-state index contributed by atoms with van der Waals surface area (Å²) in [5.41, 5.74) is 0. The Morgan fingerprint density at radius 1 is 0.500 bits per heavy atom. The number of ether oxygens (including phenoxy) is 2. The van der Waals surface area contributed by atoms with Gasteiger partial charge in [0.05, 0.1) is 6.61 Å². The van der Waals surface area contributed by atoms with E-state index in [4.69, 9.17) is 19.3 Å². The van der Waals surface area contributed by atoms with Crippen LogP contribution in [0, 0.1) is 0 Å². The van der Waals surface area contributed by atoms with Crippen molar-refractivity contribution in [3.63, 3.8) is 0 Å². The summed E-state index contributed by atoms with van der Waals surface area (Å²) in [7, 11) is -4.76. The van der Waals surface area contributed by atoms with Crippen LogP contribution in [0.25, 0.3) is 0 Å². The molecule has 304 valence electrons. The second kappa shape index (κ2) is 39.0. The van der Waals surface area contributed by atoms with Crippen LogP contribution < -0.4 is 0 Å². The zero-order valence-corrected chi connectivity index (χ0v) is 34.4. The Bertz CT molecular complexity index is 941. The minimum absolute atomic E-state index is 0.196. The second-order valence-electron chi connectivity index (χ2n) is 14.3. The molecule has 0 spiro atoms. The topological polar surface area (TPSA) is 119 Å². The zero-order chi connectivity index (χ0) is 38.2. The van der Waals surface area contributed by atoms with Gasteiger partial charge in [-0.3, -0.25) is 14.1 Å². The number of phosphoric ester groups is 1. The van der Waals surface area contributed by atoms with Crippen LogP contribution in [0.3, 0.4) is 0 Å². The van der Waals surface area contributed by atoms with Gasteiger partial charge in [0.15, 0.2) is 6.10 Å². The van der Waals surface area contributed by atoms with Gasteiger partial charge in [0.25, 0.3) is 0 Å². The van der Waals surface area contributed by atoms with Crippen molar-refractivity contribution in [1.82, 2.24) is 0 Å². The van der Waals surface area contributed by atoms with Crippen LogP contribution in [-0.2, 0) is 28.2 Å². The van der Waals surface area contributed by atoms with Crippen LogP contribution in [0.2, 0.25) is 0 Å². The summed E-state index contributed by atoms with van der Waals surface area (Å²) in [6.07, 6.45) is 45.8. The number of carbonyl (C=O) groups excluding carboxylic acids is 2. The highest BCUT2D eigenvalue weighted by Crippen LogP contribution is 2.36. The number of hydrogen-bond donors (Lipinski definition) is 2. The van der Waals surface area contributed by atoms with Crippen molar-refractivity contribution in [3.05, 3.63) is 36.5 Å². The van der Waals surface area contributed by atoms with Crippen molar-refractivity contribution in [3.8, 4) is 0 Å². The largest absolute Gasteiger partial charge is 0.469 e. The minimum atomic E-state index is -4.76. The van der Waals surface area contributed by atoms with Crippen LogP contribution in [-0.4, -0.2) is 41.0 Å². The van der Waals surface area contributed by atoms with Crippen LogP contribution in [0.5, 0.6) is 0 Å². The fourth-order valence-corrected chi connectivity index (χ4v) is 6.29. The second-order valence-corrected chi connectivity index (χ2v) is 15.5. The van der Waals surface area contributed by atoms with Crippen molar-refractivity contribution < 1.29 is 37.9 Å². The third-order valence-corrected chi connectivity index (χ3v) is 9.62. The van der Waals surface area contributed by atoms with E-state index in [0.717, 1.165) is 57.8 Å². The molecule has 0 aromatic rings. The molecule has 0 aliphatic rings. The third-order valence-electron chi connectivity index (χ3n) is 9.13. The first-order chi connectivity index (χ1) is 25.3. The van der Waals surface area contributed by atoms with E-state index in [1.54, 1.807) is 0 Å². The fraction of sp³-hybridized carbons (Fsp3) is 0.814. The van der Waals surface area contributed by atoms with Gasteiger partial charge in [0.1, 0.15) is 6.61 Å². The molecule has 2 N–H and O–H groups in total. The quantitative estimate of drug-likeness (QED) is 0.0275. The Morgan fingerprint density at radius 2 is 0.865 bits per heavy atom. The maximum absolute atomic E-state index is 12.4. The van der Waals surface area contributed by atoms with Gasteiger partial charge in [-0.2, -0.15) is 0 Å². The molecule has 0 aliphatic carbocycles. The van der Waals surface area contributed by atoms with Gasteiger partial charge < -0.3 is 19.3 Å². The number of rotatable bonds is 39. The Hall–Kier alpha value is -1.73. The number of esters is 2. The van der Waals surface area contributed by atoms with E-state index in [-0.39, 0.29) is 19.4 Å². The minimum Gasteiger partial charge on any atom is -0.462 e. The third kappa shape index (κ3) is 41.0. The van der Waals surface area contributed by atoms with E-state index in [0.29, 0.717) is 6.42 Å². The Labute approximate surface area is 319 Å². The number of hydrogen-bond acceptors (Lipinski definition) is 6. The van der Waals surface area contributed by atoms with Gasteiger partial charge in [-0.05, 0) is 70.6 Å². The van der Waals surface area contributed by atoms with Crippen molar-refractivity contribution in [1.29, 1.82) is 0 Å². The zero-order valence-electron chi connectivity index (χ0n) is 33.5. The molecule has 1 atom stereocenters. The van der Waals surface area contributed by atoms with Crippen LogP contribution >= 0.6 is 7.82 Å². The molecule has 0 aromatic carbocycles. The van der Waals surface area contributed by atoms with Gasteiger partial charge in [-0.1, -0.05) is 159 Å². The summed E-state index contributed by atoms with van der Waals surface area (Å²) >= 11 is 0. The molecule has 0 bridgehead atoms. The monoisotopic (exact) mass is 755 g/mol. The first kappa shape index (κ1) is 50.3. The van der Waals surface area contributed by atoms with Crippen molar-refractivity contribution >= 4 is 19.8 Å². The van der Waals surface area contributed by atoms with Crippen LogP contribution in [0.4, 0.5) is 0 Å². The lowest BCUT2D eigenvalue weighted by molar-refractivity contribution is -0.161. The molecule has 0 saturated carbocycles. The highest BCUT2D eigenvalue weighted by molar-refractivity contribution is 7.46. The summed E-state index contributed by atoms with van der Waals surface area (Å²) < 4.78 is 26.4. The molecule has 0 heterocycles. The summed E-state index contributed by atoms with van der Waals surface area (Å²) in [4.78, 5) is 42.8. The molecule has 0 unspecified atom stereocenters. The first-order valence-electron chi connectivity index (χ1n) is 21.3. The lowest BCUT2D eigenvalue weighted by Gasteiger charge is -2.18. The molecule has 0 aromatic heterocycles. The number of unbranched alkanes of at least 4 members (excludes halogenated alkanes) is 23. The van der Waals surface area contributed by atoms with E-state index < -0.39 is 32.5 Å². The number of carbonyl (C=O) groups is 2. The van der Waals surface area contributed by atoms with Gasteiger partial charge in [-0.25, -0.2) is 4.57 Å². The Morgan fingerprint density at radius 3 is 1.33 bits per heavy atom. The van der Waals surface area contributed by atoms with Crippen molar-refractivity contribution in [2.75, 3.05) is 13.2 Å². The van der Waals surface area contributed by atoms with Gasteiger partial charge in [0.2, 0.25) is 0 Å². The molecule has 52 heavy (non-hydrogen) atoms. The summed E-state index contributed by atoms with van der Waals surface area (Å²) in [6.45, 7) is 3.65. The van der Waals surface area contributed by atoms with Gasteiger partial charge >= 0.3 is 19.8 Å². The molecular weight excluding hydrogens is 675 g/mol. The molecule has 0 rings (SSSR count). The van der Waals surface area contributed by atoms with E-state index >= 15 is 0 Å². The molecule has 9 heteroatoms. The molecule has 0 radical (unpaired) electrons. The lowest BCUT2D eigenvalue weighted by atomic mass is 10.1. The molecular formula is C43H79O8P. The van der Waals surface area contributed by atoms with Crippen molar-refractivity contribution in [2.24, 2.45) is 0 Å². The summed E-state index contributed by atoms with van der Waals surface area (Å²) in [5.74, 6) is -0.899. The molecule has 0 saturated heterocycles. The highest BCUT2D eigenvalue weighted by Gasteiger charge is 2.22. The van der Waals surface area contributed by atoms with E-state index in [9.17, 15) is 14.2 Å². The molecule has 0 fully saturated rings. The Balaban J connectivity index is 3.91. The summed E-state index contributed by atoms with van der Waals surface area (Å²) in [5, 5.41) is 0. The van der Waals surface area contributed by atoms with E-state index in [1.807, 2.05) is 0 Å². The average molecular weight is 755 g/mol. The standard InChI is InChI=1S/C43H79O8P/c1-3-5-7-9-11-13-15-17-19-20-21-22-24-25-27-29-31-33-35-37-42(44)49-39-41(40-50-52(46,47)48)51-43(45)38-36-34-32-30-28-26-23-18-16-14-12-10-8-6-4-2/h12,14,17-19,23,41H,3-11,13,15-16,20-22,24-40H2,1-2H3,(H2,46,47,48)/b14-12+,19-17+,23-18+/t41-/m1/s1. The van der Waals surface area contributed by atoms with E-state index in [1.165, 1.54) is 116 Å². The number of phosphoric acid groups is 1. The smallest absolute Gasteiger partial charge is 0.462 e. The predicted molar refractivity (Wildman–Crippen MR) is 216 cm³/mol. The molecule has 0 amide bonds. The predicted octanol–water partition coefficient (Wildman–Crippen LogP) is 13.0. The average Bonchev–Trinajstić information content (AvgIpc) is 3.11. The van der Waals surface area contributed by atoms with Crippen molar-refractivity contribution in [2.45, 2.75) is 213 Å². The Kier molecular flexibility index (Phi) is 37.7. The summed E-state index contributed by atoms with van der Waals surface area (Å²) in [6, 6.07) is 0. The number of allylic oxidation sites excluding steroid dienone is 6. The molecule has 8 nitrogen and oxygen atoms in total. The van der Waals surface area contributed by atoms with Crippen LogP contribution in [0.1, 0.15) is 206 Å². The lowest BCUT2D eigenvalue weighted by Crippen LogP contribution is -2.29. The normalized spacial score (nSPS) is 12.8. The SMILES string of the molecule is CCCCC/C=C/C/C=C/CCCCCCCC(=O)O[C@H](COC(=O)CCCCCCCCCCC/C=C/CCCCCCCC)COP(=O)(O)O. The maximum atomic E-state index is 12.4.